The van der Waals surface area contributed by atoms with E-state index in [2.05, 4.69) is 6.92 Å². The van der Waals surface area contributed by atoms with E-state index in [9.17, 15) is 5.11 Å². The Morgan fingerprint density at radius 2 is 1.48 bits per heavy atom. The molecular weight excluding hydrogens is 340 g/mol. The van der Waals surface area contributed by atoms with Gasteiger partial charge < -0.3 is 19.3 Å². The van der Waals surface area contributed by atoms with Crippen LogP contribution in [-0.4, -0.2) is 25.9 Å². The number of aliphatic hydroxyl groups excluding tert-OH is 1. The Morgan fingerprint density at radius 3 is 2.22 bits per heavy atom. The van der Waals surface area contributed by atoms with Gasteiger partial charge in [-0.1, -0.05) is 37.6 Å². The van der Waals surface area contributed by atoms with Gasteiger partial charge in [0.05, 0.1) is 20.8 Å². The van der Waals surface area contributed by atoms with Crippen molar-refractivity contribution < 1.29 is 19.3 Å². The number of fused-ring (bicyclic) bond motifs is 1. The quantitative estimate of drug-likeness (QED) is 0.562. The molecular formula is C23H26O4. The Hall–Kier alpha value is -2.72. The van der Waals surface area contributed by atoms with E-state index in [0.717, 1.165) is 47.1 Å². The van der Waals surface area contributed by atoms with Gasteiger partial charge in [-0.3, -0.25) is 0 Å². The zero-order valence-electron chi connectivity index (χ0n) is 16.1. The first-order chi connectivity index (χ1) is 13.2. The maximum Gasteiger partial charge on any atom is 0.161 e. The summed E-state index contributed by atoms with van der Waals surface area (Å²) in [4.78, 5) is 0. The minimum absolute atomic E-state index is 0.601. The van der Waals surface area contributed by atoms with Gasteiger partial charge in [0.15, 0.2) is 11.5 Å². The number of rotatable bonds is 8. The lowest BCUT2D eigenvalue weighted by Crippen LogP contribution is -2.01. The van der Waals surface area contributed by atoms with Gasteiger partial charge in [-0.15, -0.1) is 0 Å². The van der Waals surface area contributed by atoms with E-state index in [0.29, 0.717) is 11.5 Å². The molecule has 0 aliphatic rings. The first kappa shape index (κ1) is 19.1. The van der Waals surface area contributed by atoms with Crippen molar-refractivity contribution in [1.82, 2.24) is 0 Å². The number of hydrogen-bond acceptors (Lipinski definition) is 4. The van der Waals surface area contributed by atoms with Crippen molar-refractivity contribution in [2.45, 2.75) is 25.9 Å². The summed E-state index contributed by atoms with van der Waals surface area (Å²) in [6.07, 6.45) is 1.43. The molecule has 0 spiro atoms. The number of hydrogen-bond donors (Lipinski definition) is 1. The van der Waals surface area contributed by atoms with Gasteiger partial charge in [-0.25, -0.2) is 0 Å². The summed E-state index contributed by atoms with van der Waals surface area (Å²) in [6, 6.07) is 17.5. The molecule has 142 valence electrons. The van der Waals surface area contributed by atoms with Crippen molar-refractivity contribution in [3.05, 3.63) is 65.7 Å². The van der Waals surface area contributed by atoms with E-state index >= 15 is 0 Å². The molecule has 3 rings (SSSR count). The lowest BCUT2D eigenvalue weighted by Gasteiger charge is -2.15. The van der Waals surface area contributed by atoms with Crippen molar-refractivity contribution in [2.75, 3.05) is 20.8 Å². The van der Waals surface area contributed by atoms with Gasteiger partial charge in [0.1, 0.15) is 11.9 Å². The van der Waals surface area contributed by atoms with E-state index in [1.54, 1.807) is 26.4 Å². The van der Waals surface area contributed by atoms with Crippen LogP contribution in [0.5, 0.6) is 17.2 Å². The zero-order valence-corrected chi connectivity index (χ0v) is 16.1. The van der Waals surface area contributed by atoms with Crippen LogP contribution in [0.15, 0.2) is 54.6 Å². The molecule has 3 aromatic rings. The molecule has 1 N–H and O–H groups in total. The third kappa shape index (κ3) is 4.34. The summed E-state index contributed by atoms with van der Waals surface area (Å²) >= 11 is 0. The van der Waals surface area contributed by atoms with Gasteiger partial charge in [0, 0.05) is 0 Å². The SMILES string of the molecule is CCCCOc1ccc2cc(C(O)c3ccc(OC)c(OC)c3)ccc2c1. The third-order valence-electron chi connectivity index (χ3n) is 4.64. The first-order valence-electron chi connectivity index (χ1n) is 9.22. The Labute approximate surface area is 160 Å². The average molecular weight is 366 g/mol. The van der Waals surface area contributed by atoms with E-state index in [4.69, 9.17) is 14.2 Å². The topological polar surface area (TPSA) is 47.9 Å². The molecule has 4 heteroatoms. The van der Waals surface area contributed by atoms with E-state index in [-0.39, 0.29) is 0 Å². The second-order valence-corrected chi connectivity index (χ2v) is 6.49. The summed E-state index contributed by atoms with van der Waals surface area (Å²) in [5, 5.41) is 13.0. The summed E-state index contributed by atoms with van der Waals surface area (Å²) in [5.41, 5.74) is 1.58. The van der Waals surface area contributed by atoms with Gasteiger partial charge in [-0.2, -0.15) is 0 Å². The molecule has 0 aromatic heterocycles. The van der Waals surface area contributed by atoms with E-state index < -0.39 is 6.10 Å². The summed E-state index contributed by atoms with van der Waals surface area (Å²) < 4.78 is 16.4. The number of benzene rings is 3. The molecule has 4 nitrogen and oxygen atoms in total. The fourth-order valence-corrected chi connectivity index (χ4v) is 3.05. The molecule has 0 bridgehead atoms. The van der Waals surface area contributed by atoms with E-state index in [1.807, 2.05) is 42.5 Å². The zero-order chi connectivity index (χ0) is 19.2. The molecule has 0 heterocycles. The third-order valence-corrected chi connectivity index (χ3v) is 4.64. The van der Waals surface area contributed by atoms with Crippen LogP contribution in [0.2, 0.25) is 0 Å². The maximum absolute atomic E-state index is 10.8. The van der Waals surface area contributed by atoms with Crippen LogP contribution in [0.3, 0.4) is 0 Å². The Kier molecular flexibility index (Phi) is 6.20. The molecule has 0 aliphatic heterocycles. The van der Waals surface area contributed by atoms with Crippen LogP contribution in [0.1, 0.15) is 37.0 Å². The van der Waals surface area contributed by atoms with Crippen molar-refractivity contribution in [3.63, 3.8) is 0 Å². The minimum Gasteiger partial charge on any atom is -0.494 e. The lowest BCUT2D eigenvalue weighted by molar-refractivity contribution is 0.219. The van der Waals surface area contributed by atoms with Crippen LogP contribution in [0, 0.1) is 0 Å². The monoisotopic (exact) mass is 366 g/mol. The Balaban J connectivity index is 1.85. The predicted molar refractivity (Wildman–Crippen MR) is 108 cm³/mol. The van der Waals surface area contributed by atoms with Gasteiger partial charge in [-0.05, 0) is 58.7 Å². The smallest absolute Gasteiger partial charge is 0.161 e. The Bertz CT molecular complexity index is 904. The fraction of sp³-hybridized carbons (Fsp3) is 0.304. The van der Waals surface area contributed by atoms with Crippen molar-refractivity contribution in [2.24, 2.45) is 0 Å². The molecule has 0 saturated heterocycles. The molecule has 1 atom stereocenters. The first-order valence-corrected chi connectivity index (χ1v) is 9.22. The lowest BCUT2D eigenvalue weighted by atomic mass is 9.98. The Morgan fingerprint density at radius 1 is 0.815 bits per heavy atom. The van der Waals surface area contributed by atoms with Crippen LogP contribution in [0.4, 0.5) is 0 Å². The number of ether oxygens (including phenoxy) is 3. The van der Waals surface area contributed by atoms with Crippen molar-refractivity contribution in [3.8, 4) is 17.2 Å². The van der Waals surface area contributed by atoms with E-state index in [1.165, 1.54) is 0 Å². The highest BCUT2D eigenvalue weighted by atomic mass is 16.5. The molecule has 0 radical (unpaired) electrons. The summed E-state index contributed by atoms with van der Waals surface area (Å²) in [7, 11) is 3.18. The molecule has 0 saturated carbocycles. The van der Waals surface area contributed by atoms with Gasteiger partial charge in [0.25, 0.3) is 0 Å². The highest BCUT2D eigenvalue weighted by Gasteiger charge is 2.14. The maximum atomic E-state index is 10.8. The van der Waals surface area contributed by atoms with Gasteiger partial charge >= 0.3 is 0 Å². The number of unbranched alkanes of at least 4 members (excludes halogenated alkanes) is 1. The summed E-state index contributed by atoms with van der Waals surface area (Å²) in [6.45, 7) is 2.88. The van der Waals surface area contributed by atoms with Crippen LogP contribution in [0.25, 0.3) is 10.8 Å². The number of methoxy groups -OCH3 is 2. The molecule has 0 aliphatic carbocycles. The van der Waals surface area contributed by atoms with Crippen LogP contribution < -0.4 is 14.2 Å². The predicted octanol–water partition coefficient (Wildman–Crippen LogP) is 5.12. The molecule has 0 fully saturated rings. The molecule has 27 heavy (non-hydrogen) atoms. The van der Waals surface area contributed by atoms with Crippen LogP contribution >= 0.6 is 0 Å². The number of aliphatic hydroxyl groups is 1. The molecule has 1 unspecified atom stereocenters. The van der Waals surface area contributed by atoms with Crippen molar-refractivity contribution in [1.29, 1.82) is 0 Å². The molecule has 3 aromatic carbocycles. The second-order valence-electron chi connectivity index (χ2n) is 6.49. The highest BCUT2D eigenvalue weighted by molar-refractivity contribution is 5.84. The highest BCUT2D eigenvalue weighted by Crippen LogP contribution is 2.33. The summed E-state index contributed by atoms with van der Waals surface area (Å²) in [5.74, 6) is 2.12. The van der Waals surface area contributed by atoms with Crippen molar-refractivity contribution >= 4 is 10.8 Å². The standard InChI is InChI=1S/C23H26O4/c1-4-5-12-27-20-10-8-16-13-18(7-6-17(16)14-20)23(24)19-9-11-21(25-2)22(15-19)26-3/h6-11,13-15,23-24H,4-5,12H2,1-3H3. The molecule has 0 amide bonds. The fourth-order valence-electron chi connectivity index (χ4n) is 3.05. The minimum atomic E-state index is -0.741. The normalized spacial score (nSPS) is 12.0. The van der Waals surface area contributed by atoms with Gasteiger partial charge in [0.2, 0.25) is 0 Å². The van der Waals surface area contributed by atoms with Crippen LogP contribution in [-0.2, 0) is 0 Å². The average Bonchev–Trinajstić information content (AvgIpc) is 2.72. The largest absolute Gasteiger partial charge is 0.494 e. The second kappa shape index (κ2) is 8.78.